The van der Waals surface area contributed by atoms with Gasteiger partial charge in [-0.25, -0.2) is 4.98 Å². The second-order valence-electron chi connectivity index (χ2n) is 4.47. The van der Waals surface area contributed by atoms with Gasteiger partial charge in [-0.05, 0) is 18.8 Å². The van der Waals surface area contributed by atoms with Gasteiger partial charge in [0.05, 0.1) is 6.54 Å². The van der Waals surface area contributed by atoms with E-state index in [4.69, 9.17) is 0 Å². The number of imidazole rings is 1. The second kappa shape index (κ2) is 5.16. The fourth-order valence-electron chi connectivity index (χ4n) is 2.01. The monoisotopic (exact) mass is 258 g/mol. The predicted molar refractivity (Wildman–Crippen MR) is 64.3 cm³/mol. The molecule has 0 aromatic carbocycles. The van der Waals surface area contributed by atoms with Crippen LogP contribution in [0.15, 0.2) is 12.4 Å². The molecule has 1 saturated heterocycles. The molecular formula is C10H18N4O2S. The van der Waals surface area contributed by atoms with Crippen molar-refractivity contribution in [3.63, 3.8) is 0 Å². The first kappa shape index (κ1) is 12.5. The minimum atomic E-state index is -3.37. The summed E-state index contributed by atoms with van der Waals surface area (Å²) < 4.78 is 28.1. The van der Waals surface area contributed by atoms with E-state index in [1.54, 1.807) is 12.4 Å². The summed E-state index contributed by atoms with van der Waals surface area (Å²) in [5.41, 5.74) is 0. The first-order valence-corrected chi connectivity index (χ1v) is 7.25. The van der Waals surface area contributed by atoms with Crippen molar-refractivity contribution in [3.8, 4) is 0 Å². The zero-order valence-electron chi connectivity index (χ0n) is 9.89. The van der Waals surface area contributed by atoms with Crippen LogP contribution in [0.25, 0.3) is 0 Å². The summed E-state index contributed by atoms with van der Waals surface area (Å²) in [6.45, 7) is 3.50. The van der Waals surface area contributed by atoms with Crippen molar-refractivity contribution >= 4 is 10.2 Å². The van der Waals surface area contributed by atoms with Gasteiger partial charge in [0, 0.05) is 25.5 Å². The number of nitrogens with one attached hydrogen (secondary N) is 2. The molecule has 1 unspecified atom stereocenters. The third-order valence-electron chi connectivity index (χ3n) is 2.94. The lowest BCUT2D eigenvalue weighted by atomic mass is 10.0. The minimum Gasteiger partial charge on any atom is -0.347 e. The van der Waals surface area contributed by atoms with Crippen LogP contribution in [0.5, 0.6) is 0 Å². The molecule has 17 heavy (non-hydrogen) atoms. The van der Waals surface area contributed by atoms with Crippen LogP contribution in [0.3, 0.4) is 0 Å². The molecule has 1 aliphatic heterocycles. The molecule has 96 valence electrons. The Labute approximate surface area is 102 Å². The Morgan fingerprint density at radius 2 is 2.47 bits per heavy atom. The van der Waals surface area contributed by atoms with E-state index in [0.29, 0.717) is 24.8 Å². The number of hydrogen-bond acceptors (Lipinski definition) is 3. The molecule has 0 bridgehead atoms. The molecule has 1 fully saturated rings. The molecule has 0 radical (unpaired) electrons. The van der Waals surface area contributed by atoms with Gasteiger partial charge < -0.3 is 4.98 Å². The SMILES string of the molecule is CC1CCCN(S(=O)(=O)NCc2ncc[nH]2)C1. The Bertz CT molecular complexity index is 443. The number of piperidine rings is 1. The van der Waals surface area contributed by atoms with Gasteiger partial charge in [0.25, 0.3) is 10.2 Å². The summed E-state index contributed by atoms with van der Waals surface area (Å²) >= 11 is 0. The summed E-state index contributed by atoms with van der Waals surface area (Å²) in [4.78, 5) is 6.84. The highest BCUT2D eigenvalue weighted by molar-refractivity contribution is 7.87. The lowest BCUT2D eigenvalue weighted by Crippen LogP contribution is -2.45. The van der Waals surface area contributed by atoms with E-state index >= 15 is 0 Å². The van der Waals surface area contributed by atoms with Crippen LogP contribution in [-0.2, 0) is 16.8 Å². The Kier molecular flexibility index (Phi) is 3.80. The van der Waals surface area contributed by atoms with Gasteiger partial charge in [-0.3, -0.25) is 0 Å². The molecule has 0 aliphatic carbocycles. The van der Waals surface area contributed by atoms with Gasteiger partial charge in [0.15, 0.2) is 0 Å². The second-order valence-corrected chi connectivity index (χ2v) is 6.22. The van der Waals surface area contributed by atoms with E-state index in [1.807, 2.05) is 0 Å². The van der Waals surface area contributed by atoms with Gasteiger partial charge in [-0.15, -0.1) is 0 Å². The molecule has 1 atom stereocenters. The van der Waals surface area contributed by atoms with Crippen LogP contribution in [0.1, 0.15) is 25.6 Å². The highest BCUT2D eigenvalue weighted by Gasteiger charge is 2.26. The van der Waals surface area contributed by atoms with E-state index in [0.717, 1.165) is 12.8 Å². The van der Waals surface area contributed by atoms with Crippen molar-refractivity contribution < 1.29 is 8.42 Å². The average molecular weight is 258 g/mol. The van der Waals surface area contributed by atoms with E-state index in [9.17, 15) is 8.42 Å². The minimum absolute atomic E-state index is 0.209. The zero-order valence-corrected chi connectivity index (χ0v) is 10.7. The van der Waals surface area contributed by atoms with Crippen LogP contribution < -0.4 is 4.72 Å². The quantitative estimate of drug-likeness (QED) is 0.824. The lowest BCUT2D eigenvalue weighted by molar-refractivity contribution is 0.278. The van der Waals surface area contributed by atoms with Crippen molar-refractivity contribution in [1.82, 2.24) is 19.0 Å². The van der Waals surface area contributed by atoms with E-state index < -0.39 is 10.2 Å². The van der Waals surface area contributed by atoms with Crippen LogP contribution in [0.4, 0.5) is 0 Å². The lowest BCUT2D eigenvalue weighted by Gasteiger charge is -2.29. The molecule has 0 amide bonds. The summed E-state index contributed by atoms with van der Waals surface area (Å²) in [6, 6.07) is 0. The number of aromatic nitrogens is 2. The Morgan fingerprint density at radius 1 is 1.65 bits per heavy atom. The Morgan fingerprint density at radius 3 is 3.12 bits per heavy atom. The van der Waals surface area contributed by atoms with Gasteiger partial charge in [0.2, 0.25) is 0 Å². The molecule has 2 rings (SSSR count). The van der Waals surface area contributed by atoms with Crippen molar-refractivity contribution in [2.75, 3.05) is 13.1 Å². The van der Waals surface area contributed by atoms with Crippen LogP contribution in [0, 0.1) is 5.92 Å². The van der Waals surface area contributed by atoms with Crippen molar-refractivity contribution in [3.05, 3.63) is 18.2 Å². The maximum atomic E-state index is 12.0. The molecular weight excluding hydrogens is 240 g/mol. The Balaban J connectivity index is 1.94. The van der Waals surface area contributed by atoms with Gasteiger partial charge in [-0.2, -0.15) is 17.4 Å². The number of aromatic amines is 1. The molecule has 0 spiro atoms. The summed E-state index contributed by atoms with van der Waals surface area (Å²) in [5.74, 6) is 1.06. The van der Waals surface area contributed by atoms with Crippen LogP contribution in [0.2, 0.25) is 0 Å². The van der Waals surface area contributed by atoms with Crippen molar-refractivity contribution in [2.24, 2.45) is 5.92 Å². The van der Waals surface area contributed by atoms with Gasteiger partial charge in [-0.1, -0.05) is 6.92 Å². The third kappa shape index (κ3) is 3.27. The molecule has 2 N–H and O–H groups in total. The van der Waals surface area contributed by atoms with Crippen LogP contribution in [-0.4, -0.2) is 35.8 Å². The normalized spacial score (nSPS) is 22.8. The topological polar surface area (TPSA) is 78.1 Å². The number of H-pyrrole nitrogens is 1. The highest BCUT2D eigenvalue weighted by atomic mass is 32.2. The maximum Gasteiger partial charge on any atom is 0.279 e. The zero-order chi connectivity index (χ0) is 12.3. The van der Waals surface area contributed by atoms with E-state index in [-0.39, 0.29) is 6.54 Å². The molecule has 7 heteroatoms. The maximum absolute atomic E-state index is 12.0. The summed E-state index contributed by atoms with van der Waals surface area (Å²) in [6.07, 6.45) is 5.31. The molecule has 2 heterocycles. The average Bonchev–Trinajstić information content (AvgIpc) is 2.79. The third-order valence-corrected chi connectivity index (χ3v) is 4.46. The molecule has 0 saturated carbocycles. The number of rotatable bonds is 4. The molecule has 1 aromatic rings. The van der Waals surface area contributed by atoms with E-state index in [1.165, 1.54) is 4.31 Å². The Hall–Kier alpha value is -0.920. The predicted octanol–water partition coefficient (Wildman–Crippen LogP) is 0.476. The number of hydrogen-bond donors (Lipinski definition) is 2. The van der Waals surface area contributed by atoms with Crippen molar-refractivity contribution in [2.45, 2.75) is 26.3 Å². The standard InChI is InChI=1S/C10H18N4O2S/c1-9-3-2-6-14(8-9)17(15,16)13-7-10-11-4-5-12-10/h4-5,9,13H,2-3,6-8H2,1H3,(H,11,12). The highest BCUT2D eigenvalue weighted by Crippen LogP contribution is 2.17. The van der Waals surface area contributed by atoms with Gasteiger partial charge >= 0.3 is 0 Å². The van der Waals surface area contributed by atoms with Crippen molar-refractivity contribution in [1.29, 1.82) is 0 Å². The molecule has 1 aliphatic rings. The fraction of sp³-hybridized carbons (Fsp3) is 0.700. The molecule has 6 nitrogen and oxygen atoms in total. The summed E-state index contributed by atoms with van der Waals surface area (Å²) in [5, 5.41) is 0. The fourth-order valence-corrected chi connectivity index (χ4v) is 3.33. The first-order chi connectivity index (χ1) is 8.08. The largest absolute Gasteiger partial charge is 0.347 e. The van der Waals surface area contributed by atoms with Gasteiger partial charge in [0.1, 0.15) is 5.82 Å². The number of nitrogens with zero attached hydrogens (tertiary/aromatic N) is 2. The molecule has 1 aromatic heterocycles. The van der Waals surface area contributed by atoms with E-state index in [2.05, 4.69) is 21.6 Å². The first-order valence-electron chi connectivity index (χ1n) is 5.81. The summed E-state index contributed by atoms with van der Waals surface area (Å²) in [7, 11) is -3.37. The smallest absolute Gasteiger partial charge is 0.279 e. The van der Waals surface area contributed by atoms with Crippen LogP contribution >= 0.6 is 0 Å².